The maximum Gasteiger partial charge on any atom is 0.109 e. The lowest BCUT2D eigenvalue weighted by Crippen LogP contribution is -1.95. The first kappa shape index (κ1) is 15.3. The quantitative estimate of drug-likeness (QED) is 0.370. The molecule has 0 atom stereocenters. The van der Waals surface area contributed by atoms with Gasteiger partial charge in [0.05, 0.1) is 6.61 Å². The third-order valence-corrected chi connectivity index (χ3v) is 1.37. The van der Waals surface area contributed by atoms with Gasteiger partial charge in [0, 0.05) is 0 Å². The Kier molecular flexibility index (Phi) is 12.9. The standard InChI is InChI=1S/C14H16O3/c1-3-9-15-11-5-7-13-17-14-8-6-12-16-10-4-2/h1,4H,2,9-14H2. The van der Waals surface area contributed by atoms with Crippen molar-refractivity contribution in [1.29, 1.82) is 0 Å². The molecule has 0 rings (SSSR count). The monoisotopic (exact) mass is 232 g/mol. The molecule has 0 aromatic carbocycles. The normalized spacial score (nSPS) is 8.18. The fraction of sp³-hybridized carbons (Fsp3) is 0.429. The van der Waals surface area contributed by atoms with E-state index in [2.05, 4.69) is 36.2 Å². The highest BCUT2D eigenvalue weighted by Gasteiger charge is 1.79. The lowest BCUT2D eigenvalue weighted by atomic mass is 10.6. The largest absolute Gasteiger partial charge is 0.365 e. The molecule has 0 aliphatic rings. The molecule has 0 saturated heterocycles. The van der Waals surface area contributed by atoms with Gasteiger partial charge < -0.3 is 14.2 Å². The second kappa shape index (κ2) is 14.3. The van der Waals surface area contributed by atoms with Gasteiger partial charge in [-0.3, -0.25) is 0 Å². The highest BCUT2D eigenvalue weighted by atomic mass is 16.5. The first-order valence-corrected chi connectivity index (χ1v) is 5.10. The van der Waals surface area contributed by atoms with Crippen LogP contribution in [0.25, 0.3) is 0 Å². The zero-order valence-corrected chi connectivity index (χ0v) is 9.83. The Hall–Kier alpha value is -1.70. The van der Waals surface area contributed by atoms with Gasteiger partial charge in [-0.05, 0) is 0 Å². The van der Waals surface area contributed by atoms with Gasteiger partial charge >= 0.3 is 0 Å². The van der Waals surface area contributed by atoms with Crippen molar-refractivity contribution in [3.8, 4) is 36.0 Å². The van der Waals surface area contributed by atoms with E-state index in [0.717, 1.165) is 0 Å². The second-order valence-electron chi connectivity index (χ2n) is 2.70. The summed E-state index contributed by atoms with van der Waals surface area (Å²) in [5.41, 5.74) is 0. The molecule has 0 saturated carbocycles. The fourth-order valence-corrected chi connectivity index (χ4v) is 0.711. The molecule has 0 amide bonds. The van der Waals surface area contributed by atoms with Gasteiger partial charge in [0.15, 0.2) is 0 Å². The van der Waals surface area contributed by atoms with Gasteiger partial charge in [0.1, 0.15) is 33.0 Å². The highest BCUT2D eigenvalue weighted by Crippen LogP contribution is 1.75. The summed E-state index contributed by atoms with van der Waals surface area (Å²) in [4.78, 5) is 0. The third-order valence-electron chi connectivity index (χ3n) is 1.37. The number of terminal acetylenes is 1. The van der Waals surface area contributed by atoms with Crippen molar-refractivity contribution >= 4 is 0 Å². The van der Waals surface area contributed by atoms with Crippen molar-refractivity contribution in [3.63, 3.8) is 0 Å². The summed E-state index contributed by atoms with van der Waals surface area (Å²) in [6, 6.07) is 0. The molecule has 0 N–H and O–H groups in total. The Bertz CT molecular complexity index is 344. The Morgan fingerprint density at radius 3 is 1.76 bits per heavy atom. The smallest absolute Gasteiger partial charge is 0.109 e. The Labute approximate surface area is 103 Å². The lowest BCUT2D eigenvalue weighted by molar-refractivity contribution is 0.194. The van der Waals surface area contributed by atoms with Crippen molar-refractivity contribution in [2.75, 3.05) is 39.6 Å². The molecule has 3 heteroatoms. The second-order valence-corrected chi connectivity index (χ2v) is 2.70. The van der Waals surface area contributed by atoms with E-state index in [1.165, 1.54) is 0 Å². The van der Waals surface area contributed by atoms with Crippen LogP contribution in [0.2, 0.25) is 0 Å². The molecule has 0 unspecified atom stereocenters. The minimum absolute atomic E-state index is 0.283. The highest BCUT2D eigenvalue weighted by molar-refractivity contribution is 5.02. The molecule has 0 fully saturated rings. The summed E-state index contributed by atoms with van der Waals surface area (Å²) in [6.45, 7) is 5.71. The summed E-state index contributed by atoms with van der Waals surface area (Å²) in [7, 11) is 0. The van der Waals surface area contributed by atoms with Crippen molar-refractivity contribution in [2.45, 2.75) is 0 Å². The number of hydrogen-bond acceptors (Lipinski definition) is 3. The van der Waals surface area contributed by atoms with E-state index < -0.39 is 0 Å². The van der Waals surface area contributed by atoms with Crippen LogP contribution in [0.3, 0.4) is 0 Å². The zero-order valence-electron chi connectivity index (χ0n) is 9.83. The topological polar surface area (TPSA) is 27.7 Å². The van der Waals surface area contributed by atoms with Crippen LogP contribution < -0.4 is 0 Å². The minimum atomic E-state index is 0.283. The van der Waals surface area contributed by atoms with E-state index >= 15 is 0 Å². The van der Waals surface area contributed by atoms with Crippen molar-refractivity contribution < 1.29 is 14.2 Å². The summed E-state index contributed by atoms with van der Waals surface area (Å²) >= 11 is 0. The van der Waals surface area contributed by atoms with Crippen molar-refractivity contribution in [3.05, 3.63) is 12.7 Å². The minimum Gasteiger partial charge on any atom is -0.365 e. The van der Waals surface area contributed by atoms with E-state index in [1.54, 1.807) is 6.08 Å². The molecule has 90 valence electrons. The van der Waals surface area contributed by atoms with Crippen LogP contribution >= 0.6 is 0 Å². The molecule has 0 spiro atoms. The number of ether oxygens (including phenoxy) is 3. The lowest BCUT2D eigenvalue weighted by Gasteiger charge is -1.92. The van der Waals surface area contributed by atoms with Crippen LogP contribution in [-0.2, 0) is 14.2 Å². The van der Waals surface area contributed by atoms with Gasteiger partial charge in [-0.2, -0.15) is 0 Å². The van der Waals surface area contributed by atoms with Crippen LogP contribution in [0.15, 0.2) is 12.7 Å². The molecular formula is C14H16O3. The van der Waals surface area contributed by atoms with Gasteiger partial charge in [-0.15, -0.1) is 13.0 Å². The van der Waals surface area contributed by atoms with E-state index in [0.29, 0.717) is 33.0 Å². The molecule has 0 aromatic heterocycles. The molecule has 0 aromatic rings. The van der Waals surface area contributed by atoms with Crippen LogP contribution in [0.4, 0.5) is 0 Å². The van der Waals surface area contributed by atoms with Crippen LogP contribution in [0, 0.1) is 36.0 Å². The van der Waals surface area contributed by atoms with Gasteiger partial charge in [-0.1, -0.05) is 35.7 Å². The van der Waals surface area contributed by atoms with E-state index in [1.807, 2.05) is 0 Å². The van der Waals surface area contributed by atoms with Crippen LogP contribution in [-0.4, -0.2) is 39.6 Å². The Morgan fingerprint density at radius 2 is 1.29 bits per heavy atom. The van der Waals surface area contributed by atoms with Crippen molar-refractivity contribution in [2.24, 2.45) is 0 Å². The summed E-state index contributed by atoms with van der Waals surface area (Å²) in [5, 5.41) is 0. The maximum absolute atomic E-state index is 5.13. The molecule has 0 heterocycles. The summed E-state index contributed by atoms with van der Waals surface area (Å²) in [5.74, 6) is 13.5. The van der Waals surface area contributed by atoms with E-state index in [-0.39, 0.29) is 6.61 Å². The molecule has 0 aliphatic carbocycles. The molecule has 17 heavy (non-hydrogen) atoms. The fourth-order valence-electron chi connectivity index (χ4n) is 0.711. The SMILES string of the molecule is C#CCOCC#CCOCC#CCOCC=C. The predicted octanol–water partition coefficient (Wildman–Crippen LogP) is 0.862. The number of hydrogen-bond donors (Lipinski definition) is 0. The van der Waals surface area contributed by atoms with E-state index in [9.17, 15) is 0 Å². The average molecular weight is 232 g/mol. The van der Waals surface area contributed by atoms with Crippen LogP contribution in [0.5, 0.6) is 0 Å². The average Bonchev–Trinajstić information content (AvgIpc) is 2.35. The van der Waals surface area contributed by atoms with Gasteiger partial charge in [-0.25, -0.2) is 0 Å². The van der Waals surface area contributed by atoms with Gasteiger partial charge in [0.25, 0.3) is 0 Å². The van der Waals surface area contributed by atoms with Crippen LogP contribution in [0.1, 0.15) is 0 Å². The molecule has 0 bridgehead atoms. The molecule has 0 aliphatic heterocycles. The summed E-state index contributed by atoms with van der Waals surface area (Å²) < 4.78 is 15.1. The zero-order chi connectivity index (χ0) is 12.6. The van der Waals surface area contributed by atoms with Crippen molar-refractivity contribution in [1.82, 2.24) is 0 Å². The van der Waals surface area contributed by atoms with E-state index in [4.69, 9.17) is 20.6 Å². The summed E-state index contributed by atoms with van der Waals surface area (Å²) in [6.07, 6.45) is 6.67. The number of rotatable bonds is 7. The first-order chi connectivity index (χ1) is 8.41. The maximum atomic E-state index is 5.13. The predicted molar refractivity (Wildman–Crippen MR) is 67.0 cm³/mol. The molecule has 3 nitrogen and oxygen atoms in total. The first-order valence-electron chi connectivity index (χ1n) is 5.10. The molecular weight excluding hydrogens is 216 g/mol. The Morgan fingerprint density at radius 1 is 0.824 bits per heavy atom. The third kappa shape index (κ3) is 14.3. The molecule has 0 radical (unpaired) electrons. The van der Waals surface area contributed by atoms with Gasteiger partial charge in [0.2, 0.25) is 0 Å². The Balaban J connectivity index is 3.27.